The molecule has 104 valence electrons. The van der Waals surface area contributed by atoms with E-state index in [0.29, 0.717) is 30.4 Å². The first kappa shape index (κ1) is 15.7. The minimum Gasteiger partial charge on any atom is -0.493 e. The topological polar surface area (TPSA) is 42.2 Å². The van der Waals surface area contributed by atoms with Gasteiger partial charge in [-0.3, -0.25) is 0 Å². The average Bonchev–Trinajstić information content (AvgIpc) is 2.40. The van der Waals surface area contributed by atoms with Crippen LogP contribution in [0.1, 0.15) is 45.1 Å². The standard InChI is InChI=1S/C15H20ClNO2/c1-4-18-14-10-15(19-5-2)13(16)9-12(14)11(3)7-6-8-17/h9-11H,4-7H2,1-3H3. The summed E-state index contributed by atoms with van der Waals surface area (Å²) in [5.74, 6) is 1.67. The van der Waals surface area contributed by atoms with E-state index < -0.39 is 0 Å². The van der Waals surface area contributed by atoms with Crippen molar-refractivity contribution in [1.82, 2.24) is 0 Å². The lowest BCUT2D eigenvalue weighted by Gasteiger charge is -2.18. The van der Waals surface area contributed by atoms with Crippen molar-refractivity contribution < 1.29 is 9.47 Å². The zero-order valence-electron chi connectivity index (χ0n) is 11.7. The summed E-state index contributed by atoms with van der Waals surface area (Å²) in [7, 11) is 0. The van der Waals surface area contributed by atoms with Gasteiger partial charge >= 0.3 is 0 Å². The molecule has 0 heterocycles. The van der Waals surface area contributed by atoms with E-state index in [4.69, 9.17) is 26.3 Å². The summed E-state index contributed by atoms with van der Waals surface area (Å²) in [5.41, 5.74) is 1.03. The second-order valence-electron chi connectivity index (χ2n) is 4.28. The predicted octanol–water partition coefficient (Wildman–Crippen LogP) is 4.54. The zero-order chi connectivity index (χ0) is 14.3. The van der Waals surface area contributed by atoms with Crippen molar-refractivity contribution in [2.75, 3.05) is 13.2 Å². The fourth-order valence-corrected chi connectivity index (χ4v) is 2.15. The smallest absolute Gasteiger partial charge is 0.141 e. The molecule has 0 radical (unpaired) electrons. The lowest BCUT2D eigenvalue weighted by molar-refractivity contribution is 0.319. The summed E-state index contributed by atoms with van der Waals surface area (Å²) in [4.78, 5) is 0. The van der Waals surface area contributed by atoms with Gasteiger partial charge in [-0.25, -0.2) is 0 Å². The maximum Gasteiger partial charge on any atom is 0.141 e. The van der Waals surface area contributed by atoms with Crippen LogP contribution in [0.25, 0.3) is 0 Å². The fourth-order valence-electron chi connectivity index (χ4n) is 1.92. The lowest BCUT2D eigenvalue weighted by atomic mass is 9.95. The van der Waals surface area contributed by atoms with Crippen LogP contribution >= 0.6 is 11.6 Å². The van der Waals surface area contributed by atoms with Crippen LogP contribution in [0, 0.1) is 11.3 Å². The van der Waals surface area contributed by atoms with Gasteiger partial charge in [0, 0.05) is 12.5 Å². The summed E-state index contributed by atoms with van der Waals surface area (Å²) >= 11 is 6.21. The number of nitriles is 1. The largest absolute Gasteiger partial charge is 0.493 e. The lowest BCUT2D eigenvalue weighted by Crippen LogP contribution is -2.02. The molecule has 0 fully saturated rings. The number of hydrogen-bond donors (Lipinski definition) is 0. The van der Waals surface area contributed by atoms with Crippen LogP contribution in [-0.2, 0) is 0 Å². The number of hydrogen-bond acceptors (Lipinski definition) is 3. The highest BCUT2D eigenvalue weighted by molar-refractivity contribution is 6.32. The molecule has 0 bridgehead atoms. The minimum absolute atomic E-state index is 0.231. The molecule has 1 unspecified atom stereocenters. The summed E-state index contributed by atoms with van der Waals surface area (Å²) in [6.07, 6.45) is 1.32. The normalized spacial score (nSPS) is 11.7. The second kappa shape index (κ2) is 7.91. The molecule has 0 saturated carbocycles. The first-order chi connectivity index (χ1) is 9.13. The van der Waals surface area contributed by atoms with Crippen LogP contribution in [0.2, 0.25) is 5.02 Å². The van der Waals surface area contributed by atoms with Crippen molar-refractivity contribution in [2.45, 2.75) is 39.5 Å². The van der Waals surface area contributed by atoms with Gasteiger partial charge in [-0.15, -0.1) is 0 Å². The Balaban J connectivity index is 3.07. The quantitative estimate of drug-likeness (QED) is 0.736. The molecular formula is C15H20ClNO2. The summed E-state index contributed by atoms with van der Waals surface area (Å²) in [6.45, 7) is 7.09. The van der Waals surface area contributed by atoms with Gasteiger partial charge in [0.1, 0.15) is 11.5 Å². The van der Waals surface area contributed by atoms with E-state index in [2.05, 4.69) is 13.0 Å². The van der Waals surface area contributed by atoms with Crippen LogP contribution < -0.4 is 9.47 Å². The molecule has 0 saturated heterocycles. The molecule has 1 aromatic carbocycles. The molecule has 19 heavy (non-hydrogen) atoms. The molecule has 0 N–H and O–H groups in total. The SMILES string of the molecule is CCOc1cc(OCC)c(C(C)CCC#N)cc1Cl. The van der Waals surface area contributed by atoms with Gasteiger partial charge in [0.05, 0.1) is 24.3 Å². The van der Waals surface area contributed by atoms with Gasteiger partial charge in [0.15, 0.2) is 0 Å². The molecule has 1 aromatic rings. The van der Waals surface area contributed by atoms with Crippen LogP contribution in [0.15, 0.2) is 12.1 Å². The monoisotopic (exact) mass is 281 g/mol. The Kier molecular flexibility index (Phi) is 6.52. The molecule has 0 amide bonds. The second-order valence-corrected chi connectivity index (χ2v) is 4.69. The van der Waals surface area contributed by atoms with Crippen LogP contribution in [0.4, 0.5) is 0 Å². The van der Waals surface area contributed by atoms with Gasteiger partial charge in [0.25, 0.3) is 0 Å². The third kappa shape index (κ3) is 4.33. The summed E-state index contributed by atoms with van der Waals surface area (Å²) < 4.78 is 11.1. The van der Waals surface area contributed by atoms with E-state index in [0.717, 1.165) is 17.7 Å². The van der Waals surface area contributed by atoms with Crippen molar-refractivity contribution in [2.24, 2.45) is 0 Å². The van der Waals surface area contributed by atoms with Crippen molar-refractivity contribution >= 4 is 11.6 Å². The van der Waals surface area contributed by atoms with Gasteiger partial charge < -0.3 is 9.47 Å². The molecule has 0 aromatic heterocycles. The first-order valence-electron chi connectivity index (χ1n) is 6.59. The molecular weight excluding hydrogens is 262 g/mol. The number of rotatable bonds is 7. The Bertz CT molecular complexity index is 454. The number of halogens is 1. The Morgan fingerprint density at radius 2 is 1.84 bits per heavy atom. The van der Waals surface area contributed by atoms with E-state index in [1.807, 2.05) is 26.0 Å². The highest BCUT2D eigenvalue weighted by Crippen LogP contribution is 2.38. The zero-order valence-corrected chi connectivity index (χ0v) is 12.5. The van der Waals surface area contributed by atoms with Gasteiger partial charge in [-0.2, -0.15) is 5.26 Å². The molecule has 1 atom stereocenters. The van der Waals surface area contributed by atoms with Crippen LogP contribution in [0.5, 0.6) is 11.5 Å². The van der Waals surface area contributed by atoms with Crippen molar-refractivity contribution in [3.05, 3.63) is 22.7 Å². The van der Waals surface area contributed by atoms with Gasteiger partial charge in [-0.05, 0) is 37.8 Å². The van der Waals surface area contributed by atoms with Crippen LogP contribution in [0.3, 0.4) is 0 Å². The van der Waals surface area contributed by atoms with E-state index in [9.17, 15) is 0 Å². The minimum atomic E-state index is 0.231. The maximum absolute atomic E-state index is 8.68. The van der Waals surface area contributed by atoms with Crippen molar-refractivity contribution in [1.29, 1.82) is 5.26 Å². The molecule has 4 heteroatoms. The van der Waals surface area contributed by atoms with E-state index in [1.54, 1.807) is 0 Å². The molecule has 1 rings (SSSR count). The number of ether oxygens (including phenoxy) is 2. The fraction of sp³-hybridized carbons (Fsp3) is 0.533. The van der Waals surface area contributed by atoms with Gasteiger partial charge in [0.2, 0.25) is 0 Å². The molecule has 0 aliphatic carbocycles. The molecule has 0 spiro atoms. The Morgan fingerprint density at radius 3 is 2.42 bits per heavy atom. The Labute approximate surface area is 120 Å². The van der Waals surface area contributed by atoms with Crippen molar-refractivity contribution in [3.63, 3.8) is 0 Å². The third-order valence-corrected chi connectivity index (χ3v) is 3.18. The van der Waals surface area contributed by atoms with Crippen LogP contribution in [-0.4, -0.2) is 13.2 Å². The molecule has 0 aliphatic heterocycles. The first-order valence-corrected chi connectivity index (χ1v) is 6.97. The highest BCUT2D eigenvalue weighted by atomic mass is 35.5. The maximum atomic E-state index is 8.68. The number of benzene rings is 1. The Morgan fingerprint density at radius 1 is 1.21 bits per heavy atom. The highest BCUT2D eigenvalue weighted by Gasteiger charge is 2.16. The molecule has 0 aliphatic rings. The van der Waals surface area contributed by atoms with Crippen molar-refractivity contribution in [3.8, 4) is 17.6 Å². The number of nitrogens with zero attached hydrogens (tertiary/aromatic N) is 1. The van der Waals surface area contributed by atoms with E-state index in [-0.39, 0.29) is 5.92 Å². The van der Waals surface area contributed by atoms with Gasteiger partial charge in [-0.1, -0.05) is 18.5 Å². The summed E-state index contributed by atoms with van der Waals surface area (Å²) in [5, 5.41) is 9.26. The Hall–Kier alpha value is -1.40. The van der Waals surface area contributed by atoms with E-state index in [1.165, 1.54) is 0 Å². The average molecular weight is 282 g/mol. The third-order valence-electron chi connectivity index (χ3n) is 2.88. The van der Waals surface area contributed by atoms with E-state index >= 15 is 0 Å². The summed E-state index contributed by atoms with van der Waals surface area (Å²) in [6, 6.07) is 5.90. The molecule has 3 nitrogen and oxygen atoms in total. The predicted molar refractivity (Wildman–Crippen MR) is 77.1 cm³/mol.